The molecule has 1 aliphatic rings. The molecular weight excluding hydrogens is 381 g/mol. The molecule has 1 heterocycles. The molecule has 27 heavy (non-hydrogen) atoms. The van der Waals surface area contributed by atoms with E-state index in [-0.39, 0.29) is 23.3 Å². The Labute approximate surface area is 157 Å². The van der Waals surface area contributed by atoms with Crippen molar-refractivity contribution in [2.75, 3.05) is 17.2 Å². The highest BCUT2D eigenvalue weighted by atomic mass is 32.2. The zero-order valence-corrected chi connectivity index (χ0v) is 14.8. The number of hydrogen-bond donors (Lipinski definition) is 4. The quantitative estimate of drug-likeness (QED) is 0.472. The predicted molar refractivity (Wildman–Crippen MR) is 95.8 cm³/mol. The molecule has 0 saturated heterocycles. The summed E-state index contributed by atoms with van der Waals surface area (Å²) in [6.07, 6.45) is -0.184. The maximum Gasteiger partial charge on any atom is 0.255 e. The van der Waals surface area contributed by atoms with Crippen molar-refractivity contribution in [2.45, 2.75) is 18.0 Å². The minimum absolute atomic E-state index is 0.143. The number of carbonyl (C=O) groups is 2. The normalized spacial score (nSPS) is 15.5. The van der Waals surface area contributed by atoms with Crippen LogP contribution in [-0.4, -0.2) is 24.5 Å². The number of benzene rings is 2. The van der Waals surface area contributed by atoms with Crippen LogP contribution in [0.3, 0.4) is 0 Å². The van der Waals surface area contributed by atoms with Crippen molar-refractivity contribution in [1.29, 1.82) is 0 Å². The van der Waals surface area contributed by atoms with E-state index in [4.69, 9.17) is 0 Å². The number of carbonyl (C=O) groups excluding carboxylic acids is 2. The molecule has 0 fully saturated rings. The number of anilines is 2. The minimum Gasteiger partial charge on any atom is -0.367 e. The number of rotatable bonds is 4. The molecule has 1 unspecified atom stereocenters. The molecule has 142 valence electrons. The van der Waals surface area contributed by atoms with Gasteiger partial charge in [0.25, 0.3) is 5.91 Å². The topological polar surface area (TPSA) is 82.3 Å². The zero-order chi connectivity index (χ0) is 19.6. The molecule has 3 rings (SSSR count). The maximum absolute atomic E-state index is 13.3. The summed E-state index contributed by atoms with van der Waals surface area (Å²) in [6, 6.07) is 6.24. The van der Waals surface area contributed by atoms with Gasteiger partial charge in [-0.2, -0.15) is 0 Å². The fourth-order valence-corrected chi connectivity index (χ4v) is 3.22. The van der Waals surface area contributed by atoms with E-state index in [1.807, 2.05) is 0 Å². The van der Waals surface area contributed by atoms with Crippen molar-refractivity contribution in [3.63, 3.8) is 0 Å². The van der Waals surface area contributed by atoms with Gasteiger partial charge in [0.2, 0.25) is 5.91 Å². The number of fused-ring (bicyclic) bond motifs is 1. The van der Waals surface area contributed by atoms with E-state index < -0.39 is 23.4 Å². The van der Waals surface area contributed by atoms with Gasteiger partial charge >= 0.3 is 0 Å². The maximum atomic E-state index is 13.3. The molecule has 6 nitrogen and oxygen atoms in total. The number of hydrogen-bond acceptors (Lipinski definition) is 5. The molecule has 1 aliphatic heterocycles. The van der Waals surface area contributed by atoms with Crippen LogP contribution in [-0.2, 0) is 4.79 Å². The van der Waals surface area contributed by atoms with Gasteiger partial charge in [0, 0.05) is 35.2 Å². The van der Waals surface area contributed by atoms with E-state index in [0.717, 1.165) is 10.6 Å². The van der Waals surface area contributed by atoms with Gasteiger partial charge in [-0.25, -0.2) is 17.9 Å². The van der Waals surface area contributed by atoms with E-state index in [9.17, 15) is 22.8 Å². The third-order valence-corrected chi connectivity index (χ3v) is 4.64. The van der Waals surface area contributed by atoms with Crippen LogP contribution >= 0.6 is 11.9 Å². The SMILES string of the molecule is CC(=O)NCC1NSc2cc(C(=O)Nc3cc(F)c(F)c(F)c3)ccc2N1. The summed E-state index contributed by atoms with van der Waals surface area (Å²) in [5.74, 6) is -5.10. The second kappa shape index (κ2) is 7.89. The van der Waals surface area contributed by atoms with Crippen molar-refractivity contribution in [3.8, 4) is 0 Å². The van der Waals surface area contributed by atoms with Crippen LogP contribution in [0.2, 0.25) is 0 Å². The highest BCUT2D eigenvalue weighted by Gasteiger charge is 2.20. The second-order valence-corrected chi connectivity index (χ2v) is 6.65. The molecule has 1 atom stereocenters. The number of nitrogens with one attached hydrogen (secondary N) is 4. The predicted octanol–water partition coefficient (Wildman–Crippen LogP) is 2.84. The monoisotopic (exact) mass is 396 g/mol. The average Bonchev–Trinajstić information content (AvgIpc) is 2.63. The summed E-state index contributed by atoms with van der Waals surface area (Å²) >= 11 is 1.28. The van der Waals surface area contributed by atoms with Crippen LogP contribution in [0.15, 0.2) is 35.2 Å². The number of halogens is 3. The van der Waals surface area contributed by atoms with Gasteiger partial charge in [-0.15, -0.1) is 0 Å². The molecular formula is C17H15F3N4O2S. The van der Waals surface area contributed by atoms with E-state index in [1.165, 1.54) is 18.9 Å². The van der Waals surface area contributed by atoms with Crippen LogP contribution in [0.5, 0.6) is 0 Å². The Morgan fingerprint density at radius 2 is 1.85 bits per heavy atom. The molecule has 0 bridgehead atoms. The van der Waals surface area contributed by atoms with Gasteiger partial charge in [-0.1, -0.05) is 0 Å². The van der Waals surface area contributed by atoms with Crippen molar-refractivity contribution in [1.82, 2.24) is 10.0 Å². The molecule has 2 aromatic carbocycles. The average molecular weight is 396 g/mol. The van der Waals surface area contributed by atoms with E-state index in [2.05, 4.69) is 20.7 Å². The molecule has 2 aromatic rings. The Bertz CT molecular complexity index is 887. The summed E-state index contributed by atoms with van der Waals surface area (Å²) in [5.41, 5.74) is 0.841. The summed E-state index contributed by atoms with van der Waals surface area (Å²) in [5, 5.41) is 8.19. The number of amides is 2. The van der Waals surface area contributed by atoms with E-state index >= 15 is 0 Å². The fraction of sp³-hybridized carbons (Fsp3) is 0.176. The van der Waals surface area contributed by atoms with Gasteiger partial charge in [0.1, 0.15) is 6.17 Å². The second-order valence-electron chi connectivity index (χ2n) is 5.77. The van der Waals surface area contributed by atoms with E-state index in [1.54, 1.807) is 18.2 Å². The van der Waals surface area contributed by atoms with Crippen molar-refractivity contribution < 1.29 is 22.8 Å². The molecule has 10 heteroatoms. The first-order valence-electron chi connectivity index (χ1n) is 7.87. The van der Waals surface area contributed by atoms with E-state index in [0.29, 0.717) is 18.7 Å². The summed E-state index contributed by atoms with van der Waals surface area (Å²) in [7, 11) is 0. The molecule has 2 amide bonds. The molecule has 4 N–H and O–H groups in total. The Morgan fingerprint density at radius 3 is 2.52 bits per heavy atom. The van der Waals surface area contributed by atoms with Crippen molar-refractivity contribution >= 4 is 35.1 Å². The van der Waals surface area contributed by atoms with Crippen LogP contribution in [0.25, 0.3) is 0 Å². The largest absolute Gasteiger partial charge is 0.367 e. The standard InChI is InChI=1S/C17H15F3N4O2S/c1-8(25)21-7-15-23-13-3-2-9(4-14(13)27-24-15)17(26)22-10-5-11(18)16(20)12(19)6-10/h2-6,15,23-24H,7H2,1H3,(H,21,25)(H,22,26). The smallest absolute Gasteiger partial charge is 0.255 e. The third kappa shape index (κ3) is 4.52. The first kappa shape index (κ1) is 19.1. The molecule has 0 spiro atoms. The fourth-order valence-electron chi connectivity index (χ4n) is 2.39. The third-order valence-electron chi connectivity index (χ3n) is 3.68. The molecule has 0 saturated carbocycles. The Balaban J connectivity index is 1.70. The Morgan fingerprint density at radius 1 is 1.15 bits per heavy atom. The van der Waals surface area contributed by atoms with Gasteiger partial charge in [0.15, 0.2) is 17.5 Å². The Kier molecular flexibility index (Phi) is 5.57. The van der Waals surface area contributed by atoms with Gasteiger partial charge in [-0.05, 0) is 30.1 Å². The molecule has 0 aromatic heterocycles. The van der Waals surface area contributed by atoms with Gasteiger partial charge < -0.3 is 16.0 Å². The lowest BCUT2D eigenvalue weighted by molar-refractivity contribution is -0.119. The Hall–Kier alpha value is -2.72. The van der Waals surface area contributed by atoms with Crippen LogP contribution < -0.4 is 20.7 Å². The van der Waals surface area contributed by atoms with Gasteiger partial charge in [0.05, 0.1) is 12.2 Å². The molecule has 0 radical (unpaired) electrons. The van der Waals surface area contributed by atoms with Crippen molar-refractivity contribution in [2.24, 2.45) is 0 Å². The van der Waals surface area contributed by atoms with Crippen LogP contribution in [0, 0.1) is 17.5 Å². The lowest BCUT2D eigenvalue weighted by Gasteiger charge is -2.27. The summed E-state index contributed by atoms with van der Waals surface area (Å²) in [4.78, 5) is 24.0. The first-order valence-corrected chi connectivity index (χ1v) is 8.68. The van der Waals surface area contributed by atoms with Crippen molar-refractivity contribution in [3.05, 3.63) is 53.3 Å². The lowest BCUT2D eigenvalue weighted by Crippen LogP contribution is -2.44. The lowest BCUT2D eigenvalue weighted by atomic mass is 10.1. The summed E-state index contributed by atoms with van der Waals surface area (Å²) in [6.45, 7) is 1.80. The highest BCUT2D eigenvalue weighted by Crippen LogP contribution is 2.31. The van der Waals surface area contributed by atoms with Gasteiger partial charge in [-0.3, -0.25) is 9.59 Å². The summed E-state index contributed by atoms with van der Waals surface area (Å²) < 4.78 is 42.6. The van der Waals surface area contributed by atoms with Crippen LogP contribution in [0.4, 0.5) is 24.5 Å². The minimum atomic E-state index is -1.59. The van der Waals surface area contributed by atoms with Crippen LogP contribution in [0.1, 0.15) is 17.3 Å². The highest BCUT2D eigenvalue weighted by molar-refractivity contribution is 7.97. The zero-order valence-electron chi connectivity index (χ0n) is 14.0. The first-order chi connectivity index (χ1) is 12.8. The molecule has 0 aliphatic carbocycles.